The van der Waals surface area contributed by atoms with E-state index in [9.17, 15) is 14.7 Å². The summed E-state index contributed by atoms with van der Waals surface area (Å²) in [6.45, 7) is 10.4. The Morgan fingerprint density at radius 1 is 1.11 bits per heavy atom. The van der Waals surface area contributed by atoms with Crippen molar-refractivity contribution in [1.82, 2.24) is 0 Å². The SMILES string of the molecule is C=C(CCCC)CCCCCC1(C(=O)OCCC(Cc2ccc(NC(=O)C3C(Cl)=CC#CCC3Cl)cc2)C(=C)O)CCCC1. The number of allylic oxidation sites excluding steroid dienone is 3. The number of aliphatic hydroxyl groups excluding tert-OH is 1. The van der Waals surface area contributed by atoms with Gasteiger partial charge in [0.25, 0.3) is 0 Å². The standard InChI is InChI=1S/C37H49Cl2NO4/c1-4-5-13-27(2)14-7-6-10-22-37(23-11-12-24-37)36(43)44-25-21-30(28(3)41)26-29-17-19-31(20-18-29)40-35(42)34-32(38)15-8-9-16-33(34)39/h15,17-20,30,33-34,41H,2-7,10-14,16,21-26H2,1H3,(H,40,42). The van der Waals surface area contributed by atoms with Crippen molar-refractivity contribution in [2.45, 2.75) is 109 Å². The highest BCUT2D eigenvalue weighted by atomic mass is 35.5. The number of hydrogen-bond donors (Lipinski definition) is 2. The fourth-order valence-electron chi connectivity index (χ4n) is 6.18. The molecule has 1 fully saturated rings. The molecule has 44 heavy (non-hydrogen) atoms. The summed E-state index contributed by atoms with van der Waals surface area (Å²) in [5, 5.41) is 13.0. The maximum atomic E-state index is 13.3. The minimum absolute atomic E-state index is 0.0692. The molecule has 3 atom stereocenters. The highest BCUT2D eigenvalue weighted by molar-refractivity contribution is 6.34. The number of ether oxygens (including phenoxy) is 1. The lowest BCUT2D eigenvalue weighted by Crippen LogP contribution is -2.31. The molecule has 1 aromatic rings. The number of halogens is 2. The van der Waals surface area contributed by atoms with Gasteiger partial charge in [0.1, 0.15) is 0 Å². The highest BCUT2D eigenvalue weighted by Gasteiger charge is 2.42. The predicted molar refractivity (Wildman–Crippen MR) is 182 cm³/mol. The van der Waals surface area contributed by atoms with Crippen molar-refractivity contribution in [2.75, 3.05) is 11.9 Å². The van der Waals surface area contributed by atoms with Crippen LogP contribution in [0.3, 0.4) is 0 Å². The van der Waals surface area contributed by atoms with E-state index in [1.54, 1.807) is 0 Å². The van der Waals surface area contributed by atoms with Gasteiger partial charge in [-0.25, -0.2) is 0 Å². The summed E-state index contributed by atoms with van der Waals surface area (Å²) < 4.78 is 5.85. The zero-order valence-electron chi connectivity index (χ0n) is 26.3. The van der Waals surface area contributed by atoms with Gasteiger partial charge in [0.05, 0.1) is 29.1 Å². The van der Waals surface area contributed by atoms with Crippen molar-refractivity contribution < 1.29 is 19.4 Å². The van der Waals surface area contributed by atoms with Gasteiger partial charge < -0.3 is 15.2 Å². The topological polar surface area (TPSA) is 75.6 Å². The van der Waals surface area contributed by atoms with Gasteiger partial charge in [-0.05, 0) is 75.5 Å². The first-order chi connectivity index (χ1) is 21.1. The van der Waals surface area contributed by atoms with Crippen LogP contribution in [0.4, 0.5) is 5.69 Å². The van der Waals surface area contributed by atoms with E-state index in [-0.39, 0.29) is 35.6 Å². The maximum Gasteiger partial charge on any atom is 0.312 e. The molecule has 0 radical (unpaired) electrons. The molecule has 1 saturated carbocycles. The highest BCUT2D eigenvalue weighted by Crippen LogP contribution is 2.43. The quantitative estimate of drug-likeness (QED) is 0.0418. The number of rotatable bonds is 18. The van der Waals surface area contributed by atoms with Crippen LogP contribution in [-0.4, -0.2) is 29.0 Å². The van der Waals surface area contributed by atoms with Crippen LogP contribution in [0.25, 0.3) is 0 Å². The van der Waals surface area contributed by atoms with Gasteiger partial charge in [0.15, 0.2) is 0 Å². The Labute approximate surface area is 274 Å². The van der Waals surface area contributed by atoms with Crippen molar-refractivity contribution >= 4 is 40.8 Å². The molecular formula is C37H49Cl2NO4. The van der Waals surface area contributed by atoms with E-state index in [1.165, 1.54) is 24.5 Å². The van der Waals surface area contributed by atoms with Crippen LogP contribution in [0.1, 0.15) is 102 Å². The molecule has 7 heteroatoms. The number of amides is 1. The van der Waals surface area contributed by atoms with Gasteiger partial charge in [-0.15, -0.1) is 11.6 Å². The first kappa shape index (κ1) is 35.8. The van der Waals surface area contributed by atoms with Crippen LogP contribution in [0, 0.1) is 29.1 Å². The van der Waals surface area contributed by atoms with Crippen molar-refractivity contribution in [1.29, 1.82) is 0 Å². The molecule has 2 N–H and O–H groups in total. The first-order valence-corrected chi connectivity index (χ1v) is 17.1. The molecule has 1 aromatic carbocycles. The number of alkyl halides is 1. The second kappa shape index (κ2) is 18.3. The minimum atomic E-state index is -0.686. The van der Waals surface area contributed by atoms with E-state index in [0.717, 1.165) is 69.8 Å². The fourth-order valence-corrected chi connectivity index (χ4v) is 6.88. The summed E-state index contributed by atoms with van der Waals surface area (Å²) in [5.74, 6) is 4.44. The number of nitrogens with one attached hydrogen (secondary N) is 1. The lowest BCUT2D eigenvalue weighted by molar-refractivity contribution is -0.156. The van der Waals surface area contributed by atoms with Crippen LogP contribution < -0.4 is 5.32 Å². The molecule has 3 unspecified atom stereocenters. The number of unbranched alkanes of at least 4 members (excludes halogenated alkanes) is 3. The van der Waals surface area contributed by atoms with Crippen molar-refractivity contribution in [3.8, 4) is 11.8 Å². The van der Waals surface area contributed by atoms with Gasteiger partial charge >= 0.3 is 5.97 Å². The lowest BCUT2D eigenvalue weighted by Gasteiger charge is -2.27. The van der Waals surface area contributed by atoms with E-state index >= 15 is 0 Å². The number of benzene rings is 1. The number of hydrogen-bond acceptors (Lipinski definition) is 4. The van der Waals surface area contributed by atoms with E-state index in [0.29, 0.717) is 30.0 Å². The Bertz CT molecular complexity index is 1220. The maximum absolute atomic E-state index is 13.3. The van der Waals surface area contributed by atoms with E-state index in [4.69, 9.17) is 27.9 Å². The summed E-state index contributed by atoms with van der Waals surface area (Å²) in [6, 6.07) is 7.42. The third kappa shape index (κ3) is 11.0. The lowest BCUT2D eigenvalue weighted by atomic mass is 9.80. The van der Waals surface area contributed by atoms with Gasteiger partial charge in [-0.1, -0.05) is 93.3 Å². The number of anilines is 1. The van der Waals surface area contributed by atoms with Gasteiger partial charge in [0.2, 0.25) is 5.91 Å². The zero-order valence-corrected chi connectivity index (χ0v) is 27.8. The summed E-state index contributed by atoms with van der Waals surface area (Å²) in [6.07, 6.45) is 15.7. The van der Waals surface area contributed by atoms with Crippen LogP contribution in [0.2, 0.25) is 0 Å². The summed E-state index contributed by atoms with van der Waals surface area (Å²) in [5.41, 5.74) is 2.57. The van der Waals surface area contributed by atoms with E-state index < -0.39 is 11.3 Å². The molecule has 0 bridgehead atoms. The molecular weight excluding hydrogens is 593 g/mol. The summed E-state index contributed by atoms with van der Waals surface area (Å²) in [7, 11) is 0. The molecule has 2 aliphatic rings. The first-order valence-electron chi connectivity index (χ1n) is 16.2. The fraction of sp³-hybridized carbons (Fsp3) is 0.568. The van der Waals surface area contributed by atoms with Crippen molar-refractivity contribution in [3.63, 3.8) is 0 Å². The minimum Gasteiger partial charge on any atom is -0.513 e. The molecule has 1 amide bonds. The molecule has 2 aliphatic carbocycles. The second-order valence-corrected chi connectivity index (χ2v) is 13.4. The molecule has 0 aromatic heterocycles. The number of aliphatic hydroxyl groups is 1. The van der Waals surface area contributed by atoms with Crippen LogP contribution in [0.5, 0.6) is 0 Å². The van der Waals surface area contributed by atoms with Crippen LogP contribution in [-0.2, 0) is 20.7 Å². The molecule has 3 rings (SSSR count). The van der Waals surface area contributed by atoms with Gasteiger partial charge in [-0.3, -0.25) is 9.59 Å². The zero-order chi connectivity index (χ0) is 32.0. The third-order valence-corrected chi connectivity index (χ3v) is 9.74. The molecule has 0 saturated heterocycles. The number of carbonyl (C=O) groups is 2. The Balaban J connectivity index is 1.46. The van der Waals surface area contributed by atoms with Gasteiger partial charge in [-0.2, -0.15) is 0 Å². The van der Waals surface area contributed by atoms with E-state index in [2.05, 4.69) is 37.2 Å². The van der Waals surface area contributed by atoms with Crippen LogP contribution in [0.15, 0.2) is 59.9 Å². The predicted octanol–water partition coefficient (Wildman–Crippen LogP) is 9.80. The Hall–Kier alpha value is -2.68. The normalized spacial score (nSPS) is 19.6. The van der Waals surface area contributed by atoms with Gasteiger partial charge in [0, 0.05) is 29.1 Å². The van der Waals surface area contributed by atoms with Crippen molar-refractivity contribution in [2.24, 2.45) is 17.3 Å². The Morgan fingerprint density at radius 2 is 1.82 bits per heavy atom. The molecule has 0 aliphatic heterocycles. The molecule has 5 nitrogen and oxygen atoms in total. The average molecular weight is 643 g/mol. The van der Waals surface area contributed by atoms with E-state index in [1.807, 2.05) is 24.3 Å². The molecule has 240 valence electrons. The van der Waals surface area contributed by atoms with Crippen LogP contribution >= 0.6 is 23.2 Å². The van der Waals surface area contributed by atoms with Crippen molar-refractivity contribution in [3.05, 3.63) is 65.4 Å². The second-order valence-electron chi connectivity index (χ2n) is 12.5. The number of carbonyl (C=O) groups excluding carboxylic acids is 2. The average Bonchev–Trinajstić information content (AvgIpc) is 3.41. The Kier molecular flexibility index (Phi) is 14.9. The molecule has 0 spiro atoms. The third-order valence-electron chi connectivity index (χ3n) is 8.99. The largest absolute Gasteiger partial charge is 0.513 e. The summed E-state index contributed by atoms with van der Waals surface area (Å²) in [4.78, 5) is 26.1. The Morgan fingerprint density at radius 3 is 2.50 bits per heavy atom. The smallest absolute Gasteiger partial charge is 0.312 e. The monoisotopic (exact) mass is 641 g/mol. The summed E-state index contributed by atoms with van der Waals surface area (Å²) >= 11 is 12.6. The molecule has 0 heterocycles. The number of esters is 1.